The molecule has 0 aliphatic carbocycles. The molecule has 1 N–H and O–H groups in total. The van der Waals surface area contributed by atoms with Gasteiger partial charge in [0.05, 0.1) is 0 Å². The highest BCUT2D eigenvalue weighted by molar-refractivity contribution is 5.94. The lowest BCUT2D eigenvalue weighted by atomic mass is 10.1. The number of nitrogens with zero attached hydrogens (tertiary/aromatic N) is 2. The number of benzene rings is 1. The van der Waals surface area contributed by atoms with Crippen molar-refractivity contribution in [3.63, 3.8) is 0 Å². The van der Waals surface area contributed by atoms with Crippen molar-refractivity contribution in [3.05, 3.63) is 29.8 Å². The number of carbonyl (C=O) groups is 3. The molecule has 112 valence electrons. The molecule has 21 heavy (non-hydrogen) atoms. The number of rotatable bonds is 2. The summed E-state index contributed by atoms with van der Waals surface area (Å²) < 4.78 is 4.90. The molecule has 1 aliphatic rings. The highest BCUT2D eigenvalue weighted by Gasteiger charge is 2.24. The minimum atomic E-state index is -0.965. The van der Waals surface area contributed by atoms with Crippen LogP contribution in [0.3, 0.4) is 0 Å². The second kappa shape index (κ2) is 6.25. The summed E-state index contributed by atoms with van der Waals surface area (Å²) in [7, 11) is 0. The fraction of sp³-hybridized carbons (Fsp3) is 0.357. The molecule has 1 heterocycles. The normalized spacial score (nSPS) is 14.7. The molecule has 1 saturated heterocycles. The topological polar surface area (TPSA) is 87.2 Å². The lowest BCUT2D eigenvalue weighted by Gasteiger charge is -2.33. The first-order valence-corrected chi connectivity index (χ1v) is 6.53. The SMILES string of the molecule is CC(=O)Oc1ccc(C(=O)N2CCN(C(=O)O)CC2)cc1. The Kier molecular flexibility index (Phi) is 4.42. The van der Waals surface area contributed by atoms with E-state index in [1.165, 1.54) is 11.8 Å². The van der Waals surface area contributed by atoms with Crippen LogP contribution in [0.2, 0.25) is 0 Å². The Morgan fingerprint density at radius 1 is 1.00 bits per heavy atom. The maximum absolute atomic E-state index is 12.3. The largest absolute Gasteiger partial charge is 0.465 e. The van der Waals surface area contributed by atoms with Gasteiger partial charge in [-0.1, -0.05) is 0 Å². The Morgan fingerprint density at radius 2 is 1.52 bits per heavy atom. The van der Waals surface area contributed by atoms with E-state index in [1.54, 1.807) is 29.2 Å². The van der Waals surface area contributed by atoms with E-state index in [9.17, 15) is 14.4 Å². The van der Waals surface area contributed by atoms with Gasteiger partial charge in [0.25, 0.3) is 5.91 Å². The van der Waals surface area contributed by atoms with Gasteiger partial charge < -0.3 is 19.6 Å². The number of hydrogen-bond acceptors (Lipinski definition) is 4. The first kappa shape index (κ1) is 14.8. The van der Waals surface area contributed by atoms with E-state index < -0.39 is 12.1 Å². The standard InChI is InChI=1S/C14H16N2O5/c1-10(17)21-12-4-2-11(3-5-12)13(18)15-6-8-16(9-7-15)14(19)20/h2-5H,6-9H2,1H3,(H,19,20). The zero-order chi connectivity index (χ0) is 15.4. The van der Waals surface area contributed by atoms with E-state index in [2.05, 4.69) is 0 Å². The van der Waals surface area contributed by atoms with Crippen molar-refractivity contribution in [1.82, 2.24) is 9.80 Å². The van der Waals surface area contributed by atoms with Crippen molar-refractivity contribution in [3.8, 4) is 5.75 Å². The van der Waals surface area contributed by atoms with E-state index in [-0.39, 0.29) is 5.91 Å². The van der Waals surface area contributed by atoms with E-state index in [0.717, 1.165) is 0 Å². The van der Waals surface area contributed by atoms with Crippen LogP contribution in [-0.4, -0.2) is 59.1 Å². The van der Waals surface area contributed by atoms with Gasteiger partial charge in [-0.05, 0) is 24.3 Å². The van der Waals surface area contributed by atoms with Crippen LogP contribution in [0.4, 0.5) is 4.79 Å². The van der Waals surface area contributed by atoms with Gasteiger partial charge in [0.1, 0.15) is 5.75 Å². The predicted molar refractivity (Wildman–Crippen MR) is 73.3 cm³/mol. The number of piperazine rings is 1. The molecule has 2 rings (SSSR count). The third kappa shape index (κ3) is 3.71. The van der Waals surface area contributed by atoms with Crippen LogP contribution >= 0.6 is 0 Å². The second-order valence-electron chi connectivity index (χ2n) is 4.68. The smallest absolute Gasteiger partial charge is 0.407 e. The average Bonchev–Trinajstić information content (AvgIpc) is 2.47. The molecule has 0 bridgehead atoms. The molecule has 1 aliphatic heterocycles. The quantitative estimate of drug-likeness (QED) is 0.650. The summed E-state index contributed by atoms with van der Waals surface area (Å²) in [6, 6.07) is 6.29. The van der Waals surface area contributed by atoms with Gasteiger partial charge in [-0.25, -0.2) is 4.79 Å². The van der Waals surface area contributed by atoms with Crippen molar-refractivity contribution < 1.29 is 24.2 Å². The highest BCUT2D eigenvalue weighted by Crippen LogP contribution is 2.15. The Labute approximate surface area is 121 Å². The summed E-state index contributed by atoms with van der Waals surface area (Å²) >= 11 is 0. The van der Waals surface area contributed by atoms with Crippen LogP contribution in [0.25, 0.3) is 0 Å². The van der Waals surface area contributed by atoms with E-state index in [1.807, 2.05) is 0 Å². The Balaban J connectivity index is 1.97. The van der Waals surface area contributed by atoms with Crippen LogP contribution in [0.1, 0.15) is 17.3 Å². The number of carboxylic acid groups (broad SMARTS) is 1. The highest BCUT2D eigenvalue weighted by atomic mass is 16.5. The summed E-state index contributed by atoms with van der Waals surface area (Å²) in [4.78, 5) is 36.8. The van der Waals surface area contributed by atoms with Gasteiger partial charge in [-0.3, -0.25) is 9.59 Å². The van der Waals surface area contributed by atoms with E-state index in [4.69, 9.17) is 9.84 Å². The summed E-state index contributed by atoms with van der Waals surface area (Å²) in [5.74, 6) is -0.192. The molecule has 0 saturated carbocycles. The van der Waals surface area contributed by atoms with E-state index >= 15 is 0 Å². The molecule has 0 unspecified atom stereocenters. The van der Waals surface area contributed by atoms with Crippen molar-refractivity contribution >= 4 is 18.0 Å². The predicted octanol–water partition coefficient (Wildman–Crippen LogP) is 1.05. The van der Waals surface area contributed by atoms with Gasteiger partial charge in [0.2, 0.25) is 0 Å². The fourth-order valence-electron chi connectivity index (χ4n) is 2.11. The van der Waals surface area contributed by atoms with Gasteiger partial charge in [-0.15, -0.1) is 0 Å². The second-order valence-corrected chi connectivity index (χ2v) is 4.68. The van der Waals surface area contributed by atoms with Crippen LogP contribution in [-0.2, 0) is 4.79 Å². The number of hydrogen-bond donors (Lipinski definition) is 1. The lowest BCUT2D eigenvalue weighted by molar-refractivity contribution is -0.131. The van der Waals surface area contributed by atoms with Crippen molar-refractivity contribution in [2.24, 2.45) is 0 Å². The third-order valence-electron chi connectivity index (χ3n) is 3.20. The molecule has 2 amide bonds. The fourth-order valence-corrected chi connectivity index (χ4v) is 2.11. The lowest BCUT2D eigenvalue weighted by Crippen LogP contribution is -2.50. The molecule has 0 atom stereocenters. The Bertz CT molecular complexity index is 547. The zero-order valence-electron chi connectivity index (χ0n) is 11.6. The molecular weight excluding hydrogens is 276 g/mol. The van der Waals surface area contributed by atoms with Gasteiger partial charge >= 0.3 is 12.1 Å². The van der Waals surface area contributed by atoms with Crippen molar-refractivity contribution in [2.45, 2.75) is 6.92 Å². The first-order valence-electron chi connectivity index (χ1n) is 6.53. The first-order chi connectivity index (χ1) is 9.97. The van der Waals surface area contributed by atoms with Crippen LogP contribution in [0.15, 0.2) is 24.3 Å². The number of esters is 1. The monoisotopic (exact) mass is 292 g/mol. The molecule has 0 aromatic heterocycles. The number of carbonyl (C=O) groups excluding carboxylic acids is 2. The van der Waals surface area contributed by atoms with Gasteiger partial charge in [0, 0.05) is 38.7 Å². The molecule has 1 aromatic rings. The van der Waals surface area contributed by atoms with Crippen molar-refractivity contribution in [1.29, 1.82) is 0 Å². The maximum Gasteiger partial charge on any atom is 0.407 e. The Morgan fingerprint density at radius 3 is 2.00 bits per heavy atom. The summed E-state index contributed by atoms with van der Waals surface area (Å²) in [5.41, 5.74) is 0.481. The van der Waals surface area contributed by atoms with E-state index in [0.29, 0.717) is 37.5 Å². The number of amides is 2. The molecular formula is C14H16N2O5. The van der Waals surface area contributed by atoms with Crippen LogP contribution in [0, 0.1) is 0 Å². The van der Waals surface area contributed by atoms with Crippen LogP contribution < -0.4 is 4.74 Å². The molecule has 7 nitrogen and oxygen atoms in total. The molecule has 0 spiro atoms. The molecule has 1 fully saturated rings. The number of ether oxygens (including phenoxy) is 1. The molecule has 0 radical (unpaired) electrons. The Hall–Kier alpha value is -2.57. The molecule has 1 aromatic carbocycles. The third-order valence-corrected chi connectivity index (χ3v) is 3.20. The molecule has 7 heteroatoms. The summed E-state index contributed by atoms with van der Waals surface area (Å²) in [5, 5.41) is 8.86. The summed E-state index contributed by atoms with van der Waals surface area (Å²) in [6.45, 7) is 2.67. The van der Waals surface area contributed by atoms with Crippen LogP contribution in [0.5, 0.6) is 5.75 Å². The summed E-state index contributed by atoms with van der Waals surface area (Å²) in [6.07, 6.45) is -0.965. The average molecular weight is 292 g/mol. The van der Waals surface area contributed by atoms with Gasteiger partial charge in [-0.2, -0.15) is 0 Å². The van der Waals surface area contributed by atoms with Crippen molar-refractivity contribution in [2.75, 3.05) is 26.2 Å². The zero-order valence-corrected chi connectivity index (χ0v) is 11.6. The van der Waals surface area contributed by atoms with Gasteiger partial charge in [0.15, 0.2) is 0 Å². The minimum Gasteiger partial charge on any atom is -0.465 e. The maximum atomic E-state index is 12.3. The minimum absolute atomic E-state index is 0.158.